The van der Waals surface area contributed by atoms with Crippen LogP contribution in [0.2, 0.25) is 0 Å². The minimum absolute atomic E-state index is 0.0213. The van der Waals surface area contributed by atoms with Gasteiger partial charge in [0, 0.05) is 20.3 Å². The van der Waals surface area contributed by atoms with Crippen molar-refractivity contribution in [3.05, 3.63) is 64.3 Å². The topological polar surface area (TPSA) is 100 Å². The highest BCUT2D eigenvalue weighted by Gasteiger charge is 2.18. The van der Waals surface area contributed by atoms with Crippen LogP contribution in [-0.2, 0) is 11.3 Å². The molecule has 2 amide bonds. The lowest BCUT2D eigenvalue weighted by Crippen LogP contribution is -2.37. The molecule has 3 aromatic rings. The van der Waals surface area contributed by atoms with Gasteiger partial charge in [-0.2, -0.15) is 0 Å². The number of para-hydroxylation sites is 2. The maximum Gasteiger partial charge on any atom is 0.263 e. The molecule has 0 radical (unpaired) electrons. The molecule has 140 valence electrons. The summed E-state index contributed by atoms with van der Waals surface area (Å²) in [5.74, 6) is -0.145. The quantitative estimate of drug-likeness (QED) is 0.710. The summed E-state index contributed by atoms with van der Waals surface area (Å²) in [4.78, 5) is 46.0. The zero-order valence-electron chi connectivity index (χ0n) is 15.4. The first kappa shape index (κ1) is 18.4. The molecular weight excluding hydrogens is 346 g/mol. The Bertz CT molecular complexity index is 1020. The number of pyridine rings is 1. The number of benzene rings is 1. The highest BCUT2D eigenvalue weighted by molar-refractivity contribution is 5.94. The lowest BCUT2D eigenvalue weighted by molar-refractivity contribution is -0.129. The molecule has 0 fully saturated rings. The number of imidazole rings is 1. The average Bonchev–Trinajstić information content (AvgIpc) is 3.07. The van der Waals surface area contributed by atoms with Crippen LogP contribution in [0, 0.1) is 0 Å². The molecule has 1 unspecified atom stereocenters. The van der Waals surface area contributed by atoms with Gasteiger partial charge in [0.15, 0.2) is 0 Å². The van der Waals surface area contributed by atoms with Gasteiger partial charge in [-0.3, -0.25) is 14.4 Å². The fourth-order valence-corrected chi connectivity index (χ4v) is 2.64. The molecule has 27 heavy (non-hydrogen) atoms. The van der Waals surface area contributed by atoms with E-state index in [2.05, 4.69) is 15.3 Å². The number of nitrogens with one attached hydrogen (secondary N) is 2. The Hall–Kier alpha value is -3.42. The van der Waals surface area contributed by atoms with E-state index in [1.807, 2.05) is 24.3 Å². The van der Waals surface area contributed by atoms with Gasteiger partial charge in [0.1, 0.15) is 17.9 Å². The highest BCUT2D eigenvalue weighted by atomic mass is 16.2. The van der Waals surface area contributed by atoms with Crippen molar-refractivity contribution < 1.29 is 9.59 Å². The first-order valence-corrected chi connectivity index (χ1v) is 8.52. The van der Waals surface area contributed by atoms with Gasteiger partial charge in [-0.05, 0) is 31.2 Å². The van der Waals surface area contributed by atoms with Crippen LogP contribution in [0.4, 0.5) is 0 Å². The molecule has 0 saturated heterocycles. The Morgan fingerprint density at radius 1 is 1.22 bits per heavy atom. The molecule has 2 N–H and O–H groups in total. The monoisotopic (exact) mass is 367 g/mol. The molecule has 0 bridgehead atoms. The molecule has 1 aromatic carbocycles. The van der Waals surface area contributed by atoms with Gasteiger partial charge in [-0.1, -0.05) is 12.1 Å². The Kier molecular flexibility index (Phi) is 5.07. The fourth-order valence-electron chi connectivity index (χ4n) is 2.64. The number of likely N-dealkylation sites (N-methyl/N-ethyl adjacent to an activating group) is 1. The number of H-pyrrole nitrogens is 1. The van der Waals surface area contributed by atoms with Crippen molar-refractivity contribution in [3.63, 3.8) is 0 Å². The Balaban J connectivity index is 1.79. The summed E-state index contributed by atoms with van der Waals surface area (Å²) in [5.41, 5.74) is 1.14. The van der Waals surface area contributed by atoms with Crippen LogP contribution in [0.3, 0.4) is 0 Å². The van der Waals surface area contributed by atoms with Gasteiger partial charge in [-0.25, -0.2) is 4.98 Å². The van der Waals surface area contributed by atoms with Crippen LogP contribution >= 0.6 is 0 Å². The van der Waals surface area contributed by atoms with Crippen molar-refractivity contribution in [3.8, 4) is 0 Å². The van der Waals surface area contributed by atoms with Gasteiger partial charge in [-0.15, -0.1) is 0 Å². The third-order valence-electron chi connectivity index (χ3n) is 4.23. The zero-order valence-corrected chi connectivity index (χ0v) is 15.4. The van der Waals surface area contributed by atoms with Gasteiger partial charge >= 0.3 is 0 Å². The highest BCUT2D eigenvalue weighted by Crippen LogP contribution is 2.15. The van der Waals surface area contributed by atoms with Crippen molar-refractivity contribution in [2.45, 2.75) is 19.5 Å². The second-order valence-corrected chi connectivity index (χ2v) is 6.48. The maximum absolute atomic E-state index is 12.6. The lowest BCUT2D eigenvalue weighted by atomic mass is 10.2. The predicted octanol–water partition coefficient (Wildman–Crippen LogP) is 1.30. The predicted molar refractivity (Wildman–Crippen MR) is 101 cm³/mol. The van der Waals surface area contributed by atoms with Gasteiger partial charge in [0.2, 0.25) is 5.91 Å². The molecule has 0 aliphatic rings. The smallest absolute Gasteiger partial charge is 0.263 e. The number of rotatable bonds is 5. The molecule has 2 heterocycles. The van der Waals surface area contributed by atoms with E-state index in [1.54, 1.807) is 27.1 Å². The standard InChI is InChI=1S/C19H21N5O3/c1-12(17-21-14-8-4-5-9-15(14)22-17)20-18(26)13-7-6-10-24(19(13)27)11-16(25)23(2)3/h4-10,12H,11H2,1-3H3,(H,20,26)(H,21,22). The normalized spacial score (nSPS) is 12.0. The molecule has 0 aliphatic heterocycles. The molecule has 0 spiro atoms. The van der Waals surface area contributed by atoms with Gasteiger partial charge in [0.25, 0.3) is 11.5 Å². The zero-order chi connectivity index (χ0) is 19.6. The fraction of sp³-hybridized carbons (Fsp3) is 0.263. The number of nitrogens with zero attached hydrogens (tertiary/aromatic N) is 3. The van der Waals surface area contributed by atoms with Crippen molar-refractivity contribution >= 4 is 22.8 Å². The van der Waals surface area contributed by atoms with Crippen LogP contribution in [0.1, 0.15) is 29.1 Å². The maximum atomic E-state index is 12.6. The van der Waals surface area contributed by atoms with E-state index in [-0.39, 0.29) is 18.0 Å². The average molecular weight is 367 g/mol. The third kappa shape index (κ3) is 3.89. The number of amides is 2. The van der Waals surface area contributed by atoms with Crippen molar-refractivity contribution in [1.29, 1.82) is 0 Å². The van der Waals surface area contributed by atoms with Crippen LogP contribution < -0.4 is 10.9 Å². The summed E-state index contributed by atoms with van der Waals surface area (Å²) < 4.78 is 1.23. The Morgan fingerprint density at radius 3 is 2.67 bits per heavy atom. The summed E-state index contributed by atoms with van der Waals surface area (Å²) in [6, 6.07) is 10.2. The van der Waals surface area contributed by atoms with E-state index in [0.717, 1.165) is 11.0 Å². The Labute approximate surface area is 155 Å². The summed E-state index contributed by atoms with van der Waals surface area (Å²) >= 11 is 0. The largest absolute Gasteiger partial charge is 0.347 e. The summed E-state index contributed by atoms with van der Waals surface area (Å²) in [6.45, 7) is 1.67. The number of fused-ring (bicyclic) bond motifs is 1. The summed E-state index contributed by atoms with van der Waals surface area (Å²) in [7, 11) is 3.22. The minimum atomic E-state index is -0.514. The van der Waals surface area contributed by atoms with Gasteiger partial charge in [0.05, 0.1) is 17.1 Å². The van der Waals surface area contributed by atoms with E-state index < -0.39 is 17.5 Å². The van der Waals surface area contributed by atoms with Crippen LogP contribution in [0.25, 0.3) is 11.0 Å². The van der Waals surface area contributed by atoms with E-state index >= 15 is 0 Å². The lowest BCUT2D eigenvalue weighted by Gasteiger charge is -2.14. The molecule has 3 rings (SSSR count). The molecular formula is C19H21N5O3. The molecule has 2 aromatic heterocycles. The number of hydrogen-bond acceptors (Lipinski definition) is 4. The van der Waals surface area contributed by atoms with Crippen LogP contribution in [0.15, 0.2) is 47.4 Å². The summed E-state index contributed by atoms with van der Waals surface area (Å²) in [5, 5.41) is 2.78. The van der Waals surface area contributed by atoms with Crippen LogP contribution in [0.5, 0.6) is 0 Å². The molecule has 8 nitrogen and oxygen atoms in total. The first-order valence-electron chi connectivity index (χ1n) is 8.52. The van der Waals surface area contributed by atoms with E-state index in [9.17, 15) is 14.4 Å². The number of aromatic amines is 1. The van der Waals surface area contributed by atoms with E-state index in [4.69, 9.17) is 0 Å². The number of carbonyl (C=O) groups excluding carboxylic acids is 2. The van der Waals surface area contributed by atoms with Crippen molar-refractivity contribution in [2.75, 3.05) is 14.1 Å². The minimum Gasteiger partial charge on any atom is -0.347 e. The second-order valence-electron chi connectivity index (χ2n) is 6.48. The number of aromatic nitrogens is 3. The second kappa shape index (κ2) is 7.45. The molecule has 0 aliphatic carbocycles. The van der Waals surface area contributed by atoms with Crippen molar-refractivity contribution in [1.82, 2.24) is 24.8 Å². The third-order valence-corrected chi connectivity index (χ3v) is 4.23. The molecule has 8 heteroatoms. The number of carbonyl (C=O) groups is 2. The molecule has 0 saturated carbocycles. The molecule has 1 atom stereocenters. The SMILES string of the molecule is CC(NC(=O)c1cccn(CC(=O)N(C)C)c1=O)c1nc2ccccc2[nH]1. The van der Waals surface area contributed by atoms with E-state index in [0.29, 0.717) is 5.82 Å². The van der Waals surface area contributed by atoms with Crippen molar-refractivity contribution in [2.24, 2.45) is 0 Å². The summed E-state index contributed by atoms with van der Waals surface area (Å²) in [6.07, 6.45) is 1.49. The first-order chi connectivity index (χ1) is 12.9. The number of hydrogen-bond donors (Lipinski definition) is 2. The Morgan fingerprint density at radius 2 is 1.96 bits per heavy atom. The van der Waals surface area contributed by atoms with Crippen LogP contribution in [-0.4, -0.2) is 45.3 Å². The van der Waals surface area contributed by atoms with Gasteiger partial charge < -0.3 is 19.8 Å². The van der Waals surface area contributed by atoms with E-state index in [1.165, 1.54) is 21.7 Å².